The van der Waals surface area contributed by atoms with Crippen LogP contribution < -0.4 is 14.8 Å². The molecule has 0 fully saturated rings. The summed E-state index contributed by atoms with van der Waals surface area (Å²) in [6, 6.07) is 12.3. The minimum absolute atomic E-state index is 0.0291. The molecule has 1 aromatic heterocycles. The monoisotopic (exact) mass is 425 g/mol. The van der Waals surface area contributed by atoms with Gasteiger partial charge in [-0.15, -0.1) is 11.3 Å². The average molecular weight is 426 g/mol. The average Bonchev–Trinajstić information content (AvgIpc) is 3.16. The van der Waals surface area contributed by atoms with Crippen LogP contribution in [0.3, 0.4) is 0 Å². The third-order valence-corrected chi connectivity index (χ3v) is 6.17. The van der Waals surface area contributed by atoms with Crippen LogP contribution in [-0.2, 0) is 4.79 Å². The molecular formula is C24H24FNO3S. The van der Waals surface area contributed by atoms with Gasteiger partial charge in [0.15, 0.2) is 11.5 Å². The molecule has 30 heavy (non-hydrogen) atoms. The molecule has 0 aliphatic carbocycles. The Morgan fingerprint density at radius 1 is 1.10 bits per heavy atom. The van der Waals surface area contributed by atoms with E-state index in [1.54, 1.807) is 23.5 Å². The van der Waals surface area contributed by atoms with Crippen molar-refractivity contribution in [2.75, 3.05) is 18.5 Å². The van der Waals surface area contributed by atoms with Gasteiger partial charge >= 0.3 is 0 Å². The lowest BCUT2D eigenvalue weighted by atomic mass is 9.89. The Labute approximate surface area is 179 Å². The van der Waals surface area contributed by atoms with Crippen LogP contribution in [-0.4, -0.2) is 19.1 Å². The molecule has 0 bridgehead atoms. The molecule has 156 valence electrons. The first-order chi connectivity index (χ1) is 14.6. The smallest absolute Gasteiger partial charge is 0.225 e. The van der Waals surface area contributed by atoms with Gasteiger partial charge in [0.2, 0.25) is 5.91 Å². The van der Waals surface area contributed by atoms with E-state index in [0.717, 1.165) is 39.4 Å². The number of fused-ring (bicyclic) bond motifs is 1. The molecule has 3 aromatic rings. The van der Waals surface area contributed by atoms with Crippen LogP contribution in [0.25, 0.3) is 11.1 Å². The summed E-state index contributed by atoms with van der Waals surface area (Å²) < 4.78 is 25.0. The van der Waals surface area contributed by atoms with E-state index >= 15 is 0 Å². The summed E-state index contributed by atoms with van der Waals surface area (Å²) >= 11 is 1.61. The fourth-order valence-electron chi connectivity index (χ4n) is 3.68. The largest absolute Gasteiger partial charge is 0.490 e. The van der Waals surface area contributed by atoms with Gasteiger partial charge in [0.05, 0.1) is 18.9 Å². The van der Waals surface area contributed by atoms with Crippen LogP contribution in [0.4, 0.5) is 10.1 Å². The summed E-state index contributed by atoms with van der Waals surface area (Å²) in [5.74, 6) is 1.05. The summed E-state index contributed by atoms with van der Waals surface area (Å²) in [6.07, 6.45) is 1.29. The standard InChI is InChI=1S/C24H24FNO3S/c1-3-11-29-20-10-7-16(12-21(20)28-4-2)18-13-22(27)26-23-19(14-30-24(18)23)15-5-8-17(25)9-6-15/h5-10,12,14,18H,3-4,11,13H2,1-2H3,(H,26,27)/t18-/m1/s1. The van der Waals surface area contributed by atoms with Crippen LogP contribution in [0.1, 0.15) is 43.0 Å². The predicted octanol–water partition coefficient (Wildman–Crippen LogP) is 6.22. The van der Waals surface area contributed by atoms with Crippen molar-refractivity contribution in [1.82, 2.24) is 0 Å². The van der Waals surface area contributed by atoms with Gasteiger partial charge in [-0.1, -0.05) is 25.1 Å². The number of amides is 1. The Kier molecular flexibility index (Phi) is 6.04. The van der Waals surface area contributed by atoms with E-state index in [1.807, 2.05) is 30.5 Å². The van der Waals surface area contributed by atoms with E-state index in [9.17, 15) is 9.18 Å². The number of benzene rings is 2. The molecule has 0 saturated carbocycles. The molecule has 4 rings (SSSR count). The van der Waals surface area contributed by atoms with E-state index in [4.69, 9.17) is 9.47 Å². The van der Waals surface area contributed by atoms with E-state index in [1.165, 1.54) is 12.1 Å². The molecule has 1 aliphatic rings. The SMILES string of the molecule is CCCOc1ccc([C@H]2CC(=O)Nc3c(-c4ccc(F)cc4)csc32)cc1OCC. The highest BCUT2D eigenvalue weighted by Crippen LogP contribution is 2.47. The molecule has 2 heterocycles. The van der Waals surface area contributed by atoms with Gasteiger partial charge in [0.1, 0.15) is 5.82 Å². The Morgan fingerprint density at radius 3 is 2.63 bits per heavy atom. The molecule has 6 heteroatoms. The first-order valence-electron chi connectivity index (χ1n) is 10.2. The Morgan fingerprint density at radius 2 is 1.90 bits per heavy atom. The summed E-state index contributed by atoms with van der Waals surface area (Å²) in [6.45, 7) is 5.17. The van der Waals surface area contributed by atoms with E-state index in [-0.39, 0.29) is 17.6 Å². The molecule has 1 atom stereocenters. The molecule has 0 unspecified atom stereocenters. The Hall–Kier alpha value is -2.86. The minimum atomic E-state index is -0.279. The number of halogens is 1. The zero-order chi connectivity index (χ0) is 21.1. The topological polar surface area (TPSA) is 47.6 Å². The predicted molar refractivity (Wildman–Crippen MR) is 118 cm³/mol. The highest BCUT2D eigenvalue weighted by atomic mass is 32.1. The van der Waals surface area contributed by atoms with Gasteiger partial charge in [-0.2, -0.15) is 0 Å². The lowest BCUT2D eigenvalue weighted by molar-refractivity contribution is -0.116. The third kappa shape index (κ3) is 4.05. The molecule has 2 aromatic carbocycles. The van der Waals surface area contributed by atoms with Crippen molar-refractivity contribution < 1.29 is 18.7 Å². The van der Waals surface area contributed by atoms with Crippen molar-refractivity contribution in [2.45, 2.75) is 32.6 Å². The molecule has 4 nitrogen and oxygen atoms in total. The number of nitrogens with one attached hydrogen (secondary N) is 1. The van der Waals surface area contributed by atoms with Crippen LogP contribution in [0.5, 0.6) is 11.5 Å². The number of ether oxygens (including phenoxy) is 2. The highest BCUT2D eigenvalue weighted by Gasteiger charge is 2.31. The molecule has 1 aliphatic heterocycles. The normalized spacial score (nSPS) is 15.4. The Balaban J connectivity index is 1.72. The van der Waals surface area contributed by atoms with Crippen molar-refractivity contribution in [3.8, 4) is 22.6 Å². The zero-order valence-corrected chi connectivity index (χ0v) is 17.9. The summed E-state index contributed by atoms with van der Waals surface area (Å²) in [4.78, 5) is 13.6. The second kappa shape index (κ2) is 8.88. The fourth-order valence-corrected chi connectivity index (χ4v) is 4.84. The van der Waals surface area contributed by atoms with Crippen LogP contribution in [0.15, 0.2) is 47.8 Å². The molecule has 0 saturated heterocycles. The number of rotatable bonds is 7. The highest BCUT2D eigenvalue weighted by molar-refractivity contribution is 7.11. The van der Waals surface area contributed by atoms with Gasteiger partial charge in [-0.05, 0) is 48.7 Å². The minimum Gasteiger partial charge on any atom is -0.490 e. The third-order valence-electron chi connectivity index (χ3n) is 5.08. The van der Waals surface area contributed by atoms with E-state index < -0.39 is 0 Å². The van der Waals surface area contributed by atoms with E-state index in [0.29, 0.717) is 25.4 Å². The van der Waals surface area contributed by atoms with E-state index in [2.05, 4.69) is 12.2 Å². The van der Waals surface area contributed by atoms with Crippen LogP contribution >= 0.6 is 11.3 Å². The molecular weight excluding hydrogens is 401 g/mol. The van der Waals surface area contributed by atoms with Crippen molar-refractivity contribution in [2.24, 2.45) is 0 Å². The van der Waals surface area contributed by atoms with Crippen molar-refractivity contribution in [1.29, 1.82) is 0 Å². The van der Waals surface area contributed by atoms with Crippen molar-refractivity contribution in [3.63, 3.8) is 0 Å². The summed E-state index contributed by atoms with van der Waals surface area (Å²) in [7, 11) is 0. The van der Waals surface area contributed by atoms with Gasteiger partial charge in [0, 0.05) is 28.2 Å². The molecule has 0 radical (unpaired) electrons. The molecule has 1 amide bonds. The lowest BCUT2D eigenvalue weighted by Crippen LogP contribution is -2.22. The molecule has 1 N–H and O–H groups in total. The zero-order valence-electron chi connectivity index (χ0n) is 17.0. The Bertz CT molecular complexity index is 1050. The number of carbonyl (C=O) groups excluding carboxylic acids is 1. The maximum absolute atomic E-state index is 13.3. The summed E-state index contributed by atoms with van der Waals surface area (Å²) in [5, 5.41) is 5.05. The molecule has 0 spiro atoms. The van der Waals surface area contributed by atoms with Gasteiger partial charge in [0.25, 0.3) is 0 Å². The number of hydrogen-bond acceptors (Lipinski definition) is 4. The number of thiophene rings is 1. The first kappa shape index (κ1) is 20.4. The van der Waals surface area contributed by atoms with Crippen molar-refractivity contribution in [3.05, 3.63) is 64.1 Å². The maximum Gasteiger partial charge on any atom is 0.225 e. The second-order valence-corrected chi connectivity index (χ2v) is 8.10. The number of hydrogen-bond donors (Lipinski definition) is 1. The van der Waals surface area contributed by atoms with Gasteiger partial charge in [-0.25, -0.2) is 4.39 Å². The van der Waals surface area contributed by atoms with Gasteiger partial charge < -0.3 is 14.8 Å². The lowest BCUT2D eigenvalue weighted by Gasteiger charge is -2.25. The van der Waals surface area contributed by atoms with Gasteiger partial charge in [-0.3, -0.25) is 4.79 Å². The van der Waals surface area contributed by atoms with Crippen LogP contribution in [0.2, 0.25) is 0 Å². The fraction of sp³-hybridized carbons (Fsp3) is 0.292. The summed E-state index contributed by atoms with van der Waals surface area (Å²) in [5.41, 5.74) is 3.64. The number of carbonyl (C=O) groups is 1. The first-order valence-corrected chi connectivity index (χ1v) is 11.0. The maximum atomic E-state index is 13.3. The number of anilines is 1. The van der Waals surface area contributed by atoms with Crippen LogP contribution in [0, 0.1) is 5.82 Å². The second-order valence-electron chi connectivity index (χ2n) is 7.19. The van der Waals surface area contributed by atoms with Crippen molar-refractivity contribution >= 4 is 22.9 Å². The quantitative estimate of drug-likeness (QED) is 0.489.